The molecular weight excluding hydrogens is 226 g/mol. The Kier molecular flexibility index (Phi) is 5.17. The number of carbonyl (C=O) groups excluding carboxylic acids is 1. The number of nitrogens with zero attached hydrogens (tertiary/aromatic N) is 2. The summed E-state index contributed by atoms with van der Waals surface area (Å²) in [6.07, 6.45) is 1.93. The molecule has 1 rings (SSSR count). The van der Waals surface area contributed by atoms with Crippen LogP contribution in [0.15, 0.2) is 0 Å². The highest BCUT2D eigenvalue weighted by Crippen LogP contribution is 2.23. The van der Waals surface area contributed by atoms with Gasteiger partial charge in [0, 0.05) is 18.1 Å². The van der Waals surface area contributed by atoms with E-state index in [-0.39, 0.29) is 17.5 Å². The minimum Gasteiger partial charge on any atom is -0.336 e. The zero-order valence-electron chi connectivity index (χ0n) is 12.8. The molecule has 1 heterocycles. The summed E-state index contributed by atoms with van der Waals surface area (Å²) in [5.74, 6) is 0.282. The maximum Gasteiger partial charge on any atom is 0.240 e. The highest BCUT2D eigenvalue weighted by molar-refractivity contribution is 5.83. The van der Waals surface area contributed by atoms with E-state index in [4.69, 9.17) is 0 Å². The summed E-state index contributed by atoms with van der Waals surface area (Å²) >= 11 is 0. The number of rotatable bonds is 3. The summed E-state index contributed by atoms with van der Waals surface area (Å²) in [5, 5.41) is 3.15. The van der Waals surface area contributed by atoms with Gasteiger partial charge in [0.1, 0.15) is 0 Å². The lowest BCUT2D eigenvalue weighted by molar-refractivity contribution is -0.140. The van der Waals surface area contributed by atoms with Gasteiger partial charge in [-0.2, -0.15) is 0 Å². The Morgan fingerprint density at radius 2 is 2.00 bits per heavy atom. The zero-order chi connectivity index (χ0) is 13.9. The molecule has 0 radical (unpaired) electrons. The van der Waals surface area contributed by atoms with Crippen molar-refractivity contribution in [2.45, 2.75) is 58.2 Å². The van der Waals surface area contributed by atoms with Crippen molar-refractivity contribution in [2.75, 3.05) is 27.2 Å². The van der Waals surface area contributed by atoms with Gasteiger partial charge in [-0.3, -0.25) is 9.69 Å². The lowest BCUT2D eigenvalue weighted by atomic mass is 10.0. The molecule has 0 aromatic heterocycles. The Labute approximate surface area is 112 Å². The van der Waals surface area contributed by atoms with Crippen LogP contribution < -0.4 is 5.32 Å². The standard InChI is InChI=1S/C14H29N3O/c1-11-8-10-17(14(2,3)4)13(18)12(16(11)6)7-9-15-5/h11-12,15H,7-10H2,1-6H3. The fraction of sp³-hybridized carbons (Fsp3) is 0.929. The summed E-state index contributed by atoms with van der Waals surface area (Å²) in [6, 6.07) is 0.470. The molecule has 2 atom stereocenters. The Balaban J connectivity index is 2.91. The largest absolute Gasteiger partial charge is 0.336 e. The lowest BCUT2D eigenvalue weighted by Crippen LogP contribution is -2.52. The van der Waals surface area contributed by atoms with E-state index in [0.717, 1.165) is 25.9 Å². The van der Waals surface area contributed by atoms with E-state index < -0.39 is 0 Å². The molecule has 0 aliphatic carbocycles. The molecule has 1 N–H and O–H groups in total. The van der Waals surface area contributed by atoms with Gasteiger partial charge in [-0.05, 0) is 61.2 Å². The van der Waals surface area contributed by atoms with Crippen molar-refractivity contribution in [1.29, 1.82) is 0 Å². The monoisotopic (exact) mass is 255 g/mol. The fourth-order valence-corrected chi connectivity index (χ4v) is 2.57. The normalized spacial score (nSPS) is 27.4. The highest BCUT2D eigenvalue weighted by atomic mass is 16.2. The van der Waals surface area contributed by atoms with Crippen LogP contribution in [0.2, 0.25) is 0 Å². The number of nitrogens with one attached hydrogen (secondary N) is 1. The summed E-state index contributed by atoms with van der Waals surface area (Å²) in [5.41, 5.74) is -0.0835. The van der Waals surface area contributed by atoms with Crippen LogP contribution >= 0.6 is 0 Å². The summed E-state index contributed by atoms with van der Waals surface area (Å²) < 4.78 is 0. The Morgan fingerprint density at radius 1 is 1.39 bits per heavy atom. The van der Waals surface area contributed by atoms with Crippen molar-refractivity contribution < 1.29 is 4.79 Å². The van der Waals surface area contributed by atoms with Crippen LogP contribution in [0, 0.1) is 0 Å². The minimum atomic E-state index is -0.0835. The van der Waals surface area contributed by atoms with Gasteiger partial charge in [-0.15, -0.1) is 0 Å². The second kappa shape index (κ2) is 6.02. The van der Waals surface area contributed by atoms with E-state index in [0.29, 0.717) is 6.04 Å². The molecule has 4 nitrogen and oxygen atoms in total. The van der Waals surface area contributed by atoms with Gasteiger partial charge in [-0.1, -0.05) is 0 Å². The lowest BCUT2D eigenvalue weighted by Gasteiger charge is -2.37. The van der Waals surface area contributed by atoms with Gasteiger partial charge in [0.25, 0.3) is 0 Å². The molecule has 0 aromatic carbocycles. The predicted octanol–water partition coefficient (Wildman–Crippen LogP) is 1.32. The molecule has 1 fully saturated rings. The zero-order valence-corrected chi connectivity index (χ0v) is 12.8. The van der Waals surface area contributed by atoms with Crippen LogP contribution in [0.1, 0.15) is 40.5 Å². The van der Waals surface area contributed by atoms with Crippen molar-refractivity contribution in [3.05, 3.63) is 0 Å². The molecule has 2 unspecified atom stereocenters. The van der Waals surface area contributed by atoms with Gasteiger partial charge in [0.05, 0.1) is 6.04 Å². The van der Waals surface area contributed by atoms with E-state index in [2.05, 4.69) is 45.0 Å². The average Bonchev–Trinajstić information content (AvgIpc) is 2.36. The number of carbonyl (C=O) groups is 1. The van der Waals surface area contributed by atoms with E-state index in [1.165, 1.54) is 0 Å². The van der Waals surface area contributed by atoms with Crippen LogP contribution in [-0.2, 0) is 4.79 Å². The van der Waals surface area contributed by atoms with Crippen molar-refractivity contribution in [3.63, 3.8) is 0 Å². The Morgan fingerprint density at radius 3 is 2.50 bits per heavy atom. The number of amides is 1. The third-order valence-electron chi connectivity index (χ3n) is 3.99. The number of hydrogen-bond donors (Lipinski definition) is 1. The van der Waals surface area contributed by atoms with Crippen LogP contribution in [0.25, 0.3) is 0 Å². The minimum absolute atomic E-state index is 0.00850. The third kappa shape index (κ3) is 3.45. The molecule has 0 aromatic rings. The van der Waals surface area contributed by atoms with Crippen molar-refractivity contribution in [1.82, 2.24) is 15.1 Å². The summed E-state index contributed by atoms with van der Waals surface area (Å²) in [4.78, 5) is 17.0. The second-order valence-electron chi connectivity index (χ2n) is 6.37. The number of likely N-dealkylation sites (N-methyl/N-ethyl adjacent to an activating group) is 1. The van der Waals surface area contributed by atoms with E-state index >= 15 is 0 Å². The smallest absolute Gasteiger partial charge is 0.240 e. The molecule has 0 saturated carbocycles. The van der Waals surface area contributed by atoms with Gasteiger partial charge in [0.15, 0.2) is 0 Å². The molecule has 1 saturated heterocycles. The molecule has 0 bridgehead atoms. The number of hydrogen-bond acceptors (Lipinski definition) is 3. The van der Waals surface area contributed by atoms with Gasteiger partial charge >= 0.3 is 0 Å². The molecular formula is C14H29N3O. The Bertz CT molecular complexity index is 285. The first-order valence-corrected chi connectivity index (χ1v) is 6.97. The molecule has 4 heteroatoms. The summed E-state index contributed by atoms with van der Waals surface area (Å²) in [7, 11) is 4.02. The molecule has 106 valence electrons. The Hall–Kier alpha value is -0.610. The molecule has 1 aliphatic rings. The molecule has 0 spiro atoms. The topological polar surface area (TPSA) is 35.6 Å². The van der Waals surface area contributed by atoms with Crippen LogP contribution in [0.3, 0.4) is 0 Å². The van der Waals surface area contributed by atoms with Crippen molar-refractivity contribution in [2.24, 2.45) is 0 Å². The molecule has 1 aliphatic heterocycles. The SMILES string of the molecule is CNCCC1C(=O)N(C(C)(C)C)CCC(C)N1C. The quantitative estimate of drug-likeness (QED) is 0.826. The predicted molar refractivity (Wildman–Crippen MR) is 75.6 cm³/mol. The van der Waals surface area contributed by atoms with Crippen LogP contribution in [0.4, 0.5) is 0 Å². The first-order valence-electron chi connectivity index (χ1n) is 6.97. The maximum absolute atomic E-state index is 12.7. The van der Waals surface area contributed by atoms with E-state index in [1.54, 1.807) is 0 Å². The molecule has 18 heavy (non-hydrogen) atoms. The molecule has 1 amide bonds. The van der Waals surface area contributed by atoms with Gasteiger partial charge in [0.2, 0.25) is 5.91 Å². The van der Waals surface area contributed by atoms with Gasteiger partial charge < -0.3 is 10.2 Å². The van der Waals surface area contributed by atoms with Crippen molar-refractivity contribution >= 4 is 5.91 Å². The maximum atomic E-state index is 12.7. The highest BCUT2D eigenvalue weighted by Gasteiger charge is 2.37. The average molecular weight is 255 g/mol. The van der Waals surface area contributed by atoms with Crippen LogP contribution in [0.5, 0.6) is 0 Å². The van der Waals surface area contributed by atoms with Crippen molar-refractivity contribution in [3.8, 4) is 0 Å². The van der Waals surface area contributed by atoms with Crippen LogP contribution in [-0.4, -0.2) is 60.5 Å². The summed E-state index contributed by atoms with van der Waals surface area (Å²) in [6.45, 7) is 10.3. The first-order chi connectivity index (χ1) is 8.29. The fourth-order valence-electron chi connectivity index (χ4n) is 2.57. The third-order valence-corrected chi connectivity index (χ3v) is 3.99. The first kappa shape index (κ1) is 15.4. The van der Waals surface area contributed by atoms with E-state index in [1.807, 2.05) is 11.9 Å². The second-order valence-corrected chi connectivity index (χ2v) is 6.37. The van der Waals surface area contributed by atoms with Gasteiger partial charge in [-0.25, -0.2) is 0 Å². The van der Waals surface area contributed by atoms with E-state index in [9.17, 15) is 4.79 Å².